The van der Waals surface area contributed by atoms with Crippen LogP contribution in [-0.4, -0.2) is 22.9 Å². The highest BCUT2D eigenvalue weighted by Crippen LogP contribution is 2.17. The molecule has 7 heteroatoms. The summed E-state index contributed by atoms with van der Waals surface area (Å²) in [6.07, 6.45) is -0.588. The maximum absolute atomic E-state index is 11.1. The molecule has 106 valence electrons. The number of ether oxygens (including phenoxy) is 1. The molecule has 0 aliphatic heterocycles. The van der Waals surface area contributed by atoms with Crippen LogP contribution in [0.3, 0.4) is 0 Å². The molecule has 21 heavy (non-hydrogen) atoms. The molecule has 0 saturated heterocycles. The largest absolute Gasteiger partial charge is 0.449 e. The van der Waals surface area contributed by atoms with E-state index in [4.69, 9.17) is 10.00 Å². The van der Waals surface area contributed by atoms with E-state index in [1.807, 2.05) is 0 Å². The molecule has 1 heterocycles. The number of nitrogens with zero attached hydrogens (tertiary/aromatic N) is 3. The highest BCUT2D eigenvalue weighted by Gasteiger charge is 2.03. The summed E-state index contributed by atoms with van der Waals surface area (Å²) in [6, 6.07) is 12.5. The van der Waals surface area contributed by atoms with Gasteiger partial charge in [0.1, 0.15) is 0 Å². The summed E-state index contributed by atoms with van der Waals surface area (Å²) in [6.45, 7) is 2.00. The maximum atomic E-state index is 11.1. The Morgan fingerprint density at radius 2 is 2.00 bits per heavy atom. The van der Waals surface area contributed by atoms with Crippen LogP contribution in [0.5, 0.6) is 0 Å². The molecule has 0 unspecified atom stereocenters. The molecule has 1 amide bonds. The van der Waals surface area contributed by atoms with Gasteiger partial charge in [0, 0.05) is 5.56 Å². The second kappa shape index (κ2) is 6.86. The molecule has 0 radical (unpaired) electrons. The number of carbonyl (C=O) groups excluding carboxylic acids is 1. The summed E-state index contributed by atoms with van der Waals surface area (Å²) in [4.78, 5) is 11.1. The third-order valence-corrected chi connectivity index (χ3v) is 2.54. The molecular formula is C14H13N5O2. The van der Waals surface area contributed by atoms with Crippen LogP contribution in [-0.2, 0) is 4.74 Å². The molecule has 1 aromatic heterocycles. The van der Waals surface area contributed by atoms with Gasteiger partial charge in [-0.2, -0.15) is 5.26 Å². The van der Waals surface area contributed by atoms with Gasteiger partial charge in [0.15, 0.2) is 5.82 Å². The predicted octanol–water partition coefficient (Wildman–Crippen LogP) is 2.09. The Hall–Kier alpha value is -3.14. The quantitative estimate of drug-likeness (QED) is 0.833. The van der Waals surface area contributed by atoms with Gasteiger partial charge in [0.05, 0.1) is 23.9 Å². The molecule has 0 atom stereocenters. The van der Waals surface area contributed by atoms with Crippen molar-refractivity contribution in [2.45, 2.75) is 6.92 Å². The molecule has 0 saturated carbocycles. The number of aromatic nitrogens is 2. The van der Waals surface area contributed by atoms with Crippen molar-refractivity contribution in [3.05, 3.63) is 42.0 Å². The van der Waals surface area contributed by atoms with Gasteiger partial charge in [-0.25, -0.2) is 10.2 Å². The highest BCUT2D eigenvalue weighted by atomic mass is 16.5. The third kappa shape index (κ3) is 3.91. The molecular weight excluding hydrogens is 270 g/mol. The smallest absolute Gasteiger partial charge is 0.425 e. The first-order valence-electron chi connectivity index (χ1n) is 6.26. The Bertz CT molecular complexity index is 647. The molecule has 2 aromatic rings. The molecule has 1 aromatic carbocycles. The number of amides is 1. The lowest BCUT2D eigenvalue weighted by Gasteiger charge is -2.07. The van der Waals surface area contributed by atoms with E-state index in [1.165, 1.54) is 0 Å². The van der Waals surface area contributed by atoms with Crippen molar-refractivity contribution in [1.29, 1.82) is 5.26 Å². The van der Waals surface area contributed by atoms with Gasteiger partial charge in [-0.1, -0.05) is 12.1 Å². The predicted molar refractivity (Wildman–Crippen MR) is 76.0 cm³/mol. The number of rotatable bonds is 4. The molecule has 2 N–H and O–H groups in total. The number of hydrogen-bond acceptors (Lipinski definition) is 6. The van der Waals surface area contributed by atoms with Crippen molar-refractivity contribution in [1.82, 2.24) is 15.6 Å². The van der Waals surface area contributed by atoms with Gasteiger partial charge in [0.2, 0.25) is 0 Å². The fourth-order valence-electron chi connectivity index (χ4n) is 1.55. The van der Waals surface area contributed by atoms with E-state index in [0.29, 0.717) is 17.1 Å². The Kier molecular flexibility index (Phi) is 4.66. The van der Waals surface area contributed by atoms with Crippen molar-refractivity contribution in [2.24, 2.45) is 0 Å². The summed E-state index contributed by atoms with van der Waals surface area (Å²) < 4.78 is 4.69. The standard InChI is InChI=1S/C14H13N5O2/c1-2-21-14(20)19-18-13-8-7-12(16-17-13)11-5-3-10(9-15)4-6-11/h3-8H,2H2,1H3,(H,17,18)(H,19,20). The Balaban J connectivity index is 2.01. The normalized spacial score (nSPS) is 9.52. The highest BCUT2D eigenvalue weighted by molar-refractivity contribution is 5.69. The zero-order valence-corrected chi connectivity index (χ0v) is 11.3. The number of nitrogens with one attached hydrogen (secondary N) is 2. The number of hydrazine groups is 1. The summed E-state index contributed by atoms with van der Waals surface area (Å²) in [7, 11) is 0. The second-order valence-corrected chi connectivity index (χ2v) is 3.96. The van der Waals surface area contributed by atoms with Crippen LogP contribution in [0, 0.1) is 11.3 Å². The number of anilines is 1. The van der Waals surface area contributed by atoms with Crippen molar-refractivity contribution in [2.75, 3.05) is 12.0 Å². The molecule has 2 rings (SSSR count). The second-order valence-electron chi connectivity index (χ2n) is 3.96. The van der Waals surface area contributed by atoms with E-state index in [1.54, 1.807) is 43.3 Å². The topological polar surface area (TPSA) is 99.9 Å². The van der Waals surface area contributed by atoms with Crippen LogP contribution >= 0.6 is 0 Å². The van der Waals surface area contributed by atoms with Crippen LogP contribution in [0.25, 0.3) is 11.3 Å². The average Bonchev–Trinajstić information content (AvgIpc) is 2.54. The maximum Gasteiger partial charge on any atom is 0.425 e. The first-order valence-corrected chi connectivity index (χ1v) is 6.26. The van der Waals surface area contributed by atoms with Crippen LogP contribution < -0.4 is 10.9 Å². The third-order valence-electron chi connectivity index (χ3n) is 2.54. The summed E-state index contributed by atoms with van der Waals surface area (Å²) >= 11 is 0. The molecule has 0 bridgehead atoms. The number of hydrogen-bond donors (Lipinski definition) is 2. The van der Waals surface area contributed by atoms with Gasteiger partial charge < -0.3 is 4.74 Å². The van der Waals surface area contributed by atoms with Crippen molar-refractivity contribution in [3.63, 3.8) is 0 Å². The zero-order valence-electron chi connectivity index (χ0n) is 11.3. The molecule has 0 aliphatic rings. The fraction of sp³-hybridized carbons (Fsp3) is 0.143. The molecule has 0 fully saturated rings. The lowest BCUT2D eigenvalue weighted by atomic mass is 10.1. The fourth-order valence-corrected chi connectivity index (χ4v) is 1.55. The van der Waals surface area contributed by atoms with E-state index >= 15 is 0 Å². The molecule has 0 aliphatic carbocycles. The Morgan fingerprint density at radius 3 is 2.57 bits per heavy atom. The summed E-state index contributed by atoms with van der Waals surface area (Å²) in [5, 5.41) is 16.7. The van der Waals surface area contributed by atoms with Gasteiger partial charge in [0.25, 0.3) is 0 Å². The summed E-state index contributed by atoms with van der Waals surface area (Å²) in [5.41, 5.74) is 7.02. The molecule has 0 spiro atoms. The summed E-state index contributed by atoms with van der Waals surface area (Å²) in [5.74, 6) is 0.389. The van der Waals surface area contributed by atoms with Gasteiger partial charge >= 0.3 is 6.09 Å². The monoisotopic (exact) mass is 283 g/mol. The van der Waals surface area contributed by atoms with Crippen molar-refractivity contribution >= 4 is 11.9 Å². The minimum absolute atomic E-state index is 0.289. The van der Waals surface area contributed by atoms with Gasteiger partial charge in [-0.3, -0.25) is 5.43 Å². The van der Waals surface area contributed by atoms with E-state index < -0.39 is 6.09 Å². The van der Waals surface area contributed by atoms with Crippen LogP contribution in [0.15, 0.2) is 36.4 Å². The van der Waals surface area contributed by atoms with E-state index in [0.717, 1.165) is 5.56 Å². The van der Waals surface area contributed by atoms with Gasteiger partial charge in [-0.05, 0) is 31.2 Å². The average molecular weight is 283 g/mol. The lowest BCUT2D eigenvalue weighted by molar-refractivity contribution is 0.154. The lowest BCUT2D eigenvalue weighted by Crippen LogP contribution is -2.30. The van der Waals surface area contributed by atoms with E-state index in [-0.39, 0.29) is 6.61 Å². The number of benzene rings is 1. The minimum Gasteiger partial charge on any atom is -0.449 e. The zero-order chi connectivity index (χ0) is 15.1. The first kappa shape index (κ1) is 14.3. The molecule has 7 nitrogen and oxygen atoms in total. The Labute approximate surface area is 121 Å². The number of nitriles is 1. The van der Waals surface area contributed by atoms with Crippen molar-refractivity contribution < 1.29 is 9.53 Å². The first-order chi connectivity index (χ1) is 10.2. The van der Waals surface area contributed by atoms with E-state index in [2.05, 4.69) is 27.1 Å². The van der Waals surface area contributed by atoms with Crippen LogP contribution in [0.4, 0.5) is 10.6 Å². The van der Waals surface area contributed by atoms with E-state index in [9.17, 15) is 4.79 Å². The van der Waals surface area contributed by atoms with Crippen LogP contribution in [0.1, 0.15) is 12.5 Å². The minimum atomic E-state index is -0.588. The Morgan fingerprint density at radius 1 is 1.24 bits per heavy atom. The number of carbonyl (C=O) groups is 1. The SMILES string of the molecule is CCOC(=O)NNc1ccc(-c2ccc(C#N)cc2)nn1. The van der Waals surface area contributed by atoms with Crippen LogP contribution in [0.2, 0.25) is 0 Å². The van der Waals surface area contributed by atoms with Gasteiger partial charge in [-0.15, -0.1) is 10.2 Å². The van der Waals surface area contributed by atoms with Crippen molar-refractivity contribution in [3.8, 4) is 17.3 Å².